The lowest BCUT2D eigenvalue weighted by Crippen LogP contribution is -2.30. The molecule has 0 saturated carbocycles. The second-order valence-electron chi connectivity index (χ2n) is 9.50. The smallest absolute Gasteiger partial charge is 0.174 e. The number of aryl methyl sites for hydroxylation is 2. The van der Waals surface area contributed by atoms with Gasteiger partial charge in [0.15, 0.2) is 5.11 Å². The fourth-order valence-electron chi connectivity index (χ4n) is 5.05. The van der Waals surface area contributed by atoms with E-state index in [2.05, 4.69) is 82.5 Å². The molecule has 5 nitrogen and oxygen atoms in total. The van der Waals surface area contributed by atoms with Crippen molar-refractivity contribution >= 4 is 23.0 Å². The SMILES string of the molecule is Cc1cccc(-n2cccc2[C@H]2[C@@H](c3ccccn3)NC(=S)N2c2ccc(Oc3ccccc3C)cc2)c1. The minimum atomic E-state index is -0.120. The first-order valence-corrected chi connectivity index (χ1v) is 13.1. The van der Waals surface area contributed by atoms with Crippen molar-refractivity contribution in [1.29, 1.82) is 0 Å². The number of ether oxygens (including phenoxy) is 1. The first kappa shape index (κ1) is 23.9. The Hall–Kier alpha value is -4.42. The van der Waals surface area contributed by atoms with Gasteiger partial charge in [-0.1, -0.05) is 36.4 Å². The van der Waals surface area contributed by atoms with Crippen LogP contribution in [0.15, 0.2) is 116 Å². The summed E-state index contributed by atoms with van der Waals surface area (Å²) in [6, 6.07) is 34.7. The third-order valence-electron chi connectivity index (χ3n) is 6.90. The normalized spacial score (nSPS) is 16.9. The highest BCUT2D eigenvalue weighted by atomic mass is 32.1. The Morgan fingerprint density at radius 2 is 1.63 bits per heavy atom. The Labute approximate surface area is 228 Å². The van der Waals surface area contributed by atoms with Crippen molar-refractivity contribution < 1.29 is 4.74 Å². The molecule has 1 fully saturated rings. The zero-order chi connectivity index (χ0) is 26.1. The predicted molar refractivity (Wildman–Crippen MR) is 156 cm³/mol. The van der Waals surface area contributed by atoms with E-state index in [0.717, 1.165) is 39.8 Å². The Kier molecular flexibility index (Phi) is 6.40. The quantitative estimate of drug-likeness (QED) is 0.237. The van der Waals surface area contributed by atoms with Gasteiger partial charge in [-0.2, -0.15) is 0 Å². The maximum Gasteiger partial charge on any atom is 0.174 e. The van der Waals surface area contributed by atoms with Gasteiger partial charge in [0, 0.05) is 29.5 Å². The molecule has 0 unspecified atom stereocenters. The second-order valence-corrected chi connectivity index (χ2v) is 9.89. The molecule has 6 heteroatoms. The van der Waals surface area contributed by atoms with E-state index in [9.17, 15) is 0 Å². The van der Waals surface area contributed by atoms with Crippen molar-refractivity contribution in [3.05, 3.63) is 138 Å². The molecule has 1 aliphatic rings. The minimum absolute atomic E-state index is 0.115. The molecule has 188 valence electrons. The van der Waals surface area contributed by atoms with Crippen LogP contribution >= 0.6 is 12.2 Å². The van der Waals surface area contributed by atoms with Gasteiger partial charge in [-0.25, -0.2) is 0 Å². The molecule has 5 aromatic rings. The van der Waals surface area contributed by atoms with E-state index < -0.39 is 0 Å². The molecule has 0 spiro atoms. The number of benzene rings is 3. The molecule has 38 heavy (non-hydrogen) atoms. The summed E-state index contributed by atoms with van der Waals surface area (Å²) < 4.78 is 8.39. The van der Waals surface area contributed by atoms with E-state index >= 15 is 0 Å². The van der Waals surface area contributed by atoms with Gasteiger partial charge in [-0.05, 0) is 104 Å². The van der Waals surface area contributed by atoms with Crippen LogP contribution in [-0.4, -0.2) is 14.7 Å². The van der Waals surface area contributed by atoms with Gasteiger partial charge >= 0.3 is 0 Å². The van der Waals surface area contributed by atoms with Gasteiger partial charge in [-0.3, -0.25) is 4.98 Å². The number of nitrogens with zero attached hydrogens (tertiary/aromatic N) is 3. The Balaban J connectivity index is 1.40. The summed E-state index contributed by atoms with van der Waals surface area (Å²) in [6.07, 6.45) is 3.94. The third kappa shape index (κ3) is 4.55. The molecule has 0 radical (unpaired) electrons. The third-order valence-corrected chi connectivity index (χ3v) is 7.21. The van der Waals surface area contributed by atoms with Crippen LogP contribution in [0.3, 0.4) is 0 Å². The van der Waals surface area contributed by atoms with Gasteiger partial charge in [0.25, 0.3) is 0 Å². The van der Waals surface area contributed by atoms with Crippen LogP contribution < -0.4 is 15.0 Å². The van der Waals surface area contributed by atoms with Crippen molar-refractivity contribution in [2.45, 2.75) is 25.9 Å². The van der Waals surface area contributed by atoms with Crippen LogP contribution in [0.1, 0.15) is 34.6 Å². The molecule has 2 atom stereocenters. The van der Waals surface area contributed by atoms with Gasteiger partial charge in [-0.15, -0.1) is 0 Å². The zero-order valence-corrected chi connectivity index (χ0v) is 22.1. The molecule has 2 aromatic heterocycles. The molecule has 1 aliphatic heterocycles. The summed E-state index contributed by atoms with van der Waals surface area (Å²) in [5.41, 5.74) is 6.48. The van der Waals surface area contributed by atoms with Gasteiger partial charge in [0.2, 0.25) is 0 Å². The summed E-state index contributed by atoms with van der Waals surface area (Å²) in [5.74, 6) is 1.63. The molecule has 0 aliphatic carbocycles. The topological polar surface area (TPSA) is 42.3 Å². The molecule has 1 N–H and O–H groups in total. The van der Waals surface area contributed by atoms with E-state index in [1.807, 2.05) is 61.7 Å². The van der Waals surface area contributed by atoms with E-state index in [0.29, 0.717) is 5.11 Å². The number of para-hydroxylation sites is 1. The summed E-state index contributed by atoms with van der Waals surface area (Å²) in [6.45, 7) is 4.16. The average molecular weight is 517 g/mol. The van der Waals surface area contributed by atoms with Crippen molar-refractivity contribution in [1.82, 2.24) is 14.9 Å². The van der Waals surface area contributed by atoms with Crippen LogP contribution in [0.5, 0.6) is 11.5 Å². The summed E-state index contributed by atoms with van der Waals surface area (Å²) in [5, 5.41) is 4.22. The van der Waals surface area contributed by atoms with Crippen molar-refractivity contribution in [3.63, 3.8) is 0 Å². The minimum Gasteiger partial charge on any atom is -0.457 e. The Morgan fingerprint density at radius 1 is 0.816 bits per heavy atom. The molecular formula is C32H28N4OS. The number of rotatable bonds is 6. The van der Waals surface area contributed by atoms with Crippen LogP contribution in [0.25, 0.3) is 5.69 Å². The summed E-state index contributed by atoms with van der Waals surface area (Å²) >= 11 is 5.93. The van der Waals surface area contributed by atoms with E-state index in [4.69, 9.17) is 21.9 Å². The predicted octanol–water partition coefficient (Wildman–Crippen LogP) is 7.46. The van der Waals surface area contributed by atoms with Crippen LogP contribution in [0, 0.1) is 13.8 Å². The number of pyridine rings is 1. The first-order valence-electron chi connectivity index (χ1n) is 12.7. The number of hydrogen-bond acceptors (Lipinski definition) is 3. The van der Waals surface area contributed by atoms with Gasteiger partial charge in [0.05, 0.1) is 11.7 Å². The van der Waals surface area contributed by atoms with Gasteiger partial charge < -0.3 is 19.5 Å². The molecule has 3 heterocycles. The fraction of sp³-hybridized carbons (Fsp3) is 0.125. The second kappa shape index (κ2) is 10.1. The Bertz CT molecular complexity index is 1580. The van der Waals surface area contributed by atoms with E-state index in [-0.39, 0.29) is 12.1 Å². The fourth-order valence-corrected chi connectivity index (χ4v) is 5.40. The lowest BCUT2D eigenvalue weighted by molar-refractivity contribution is 0.479. The lowest BCUT2D eigenvalue weighted by atomic mass is 10.0. The van der Waals surface area contributed by atoms with Crippen LogP contribution in [-0.2, 0) is 0 Å². The molecule has 6 rings (SSSR count). The highest BCUT2D eigenvalue weighted by molar-refractivity contribution is 7.80. The number of aromatic nitrogens is 2. The maximum absolute atomic E-state index is 6.15. The lowest BCUT2D eigenvalue weighted by Gasteiger charge is -2.29. The standard InChI is InChI=1S/C32H28N4OS/c1-22-9-7-11-25(21-22)35-20-8-13-28(35)31-30(27-12-5-6-19-33-27)34-32(38)36(31)24-15-17-26(18-16-24)37-29-14-4-3-10-23(29)2/h3-21,30-31H,1-2H3,(H,34,38)/t30-,31+/m1/s1. The van der Waals surface area contributed by atoms with Crippen molar-refractivity contribution in [3.8, 4) is 17.2 Å². The Morgan fingerprint density at radius 3 is 2.39 bits per heavy atom. The molecule has 0 amide bonds. The van der Waals surface area contributed by atoms with E-state index in [1.54, 1.807) is 0 Å². The van der Waals surface area contributed by atoms with E-state index in [1.165, 1.54) is 5.56 Å². The summed E-state index contributed by atoms with van der Waals surface area (Å²) in [7, 11) is 0. The number of anilines is 1. The highest BCUT2D eigenvalue weighted by Crippen LogP contribution is 2.42. The number of thiocarbonyl (C=S) groups is 1. The number of nitrogens with one attached hydrogen (secondary N) is 1. The summed E-state index contributed by atoms with van der Waals surface area (Å²) in [4.78, 5) is 6.88. The number of hydrogen-bond donors (Lipinski definition) is 1. The largest absolute Gasteiger partial charge is 0.457 e. The zero-order valence-electron chi connectivity index (χ0n) is 21.3. The molecule has 3 aromatic carbocycles. The van der Waals surface area contributed by atoms with Gasteiger partial charge in [0.1, 0.15) is 17.5 Å². The molecular weight excluding hydrogens is 488 g/mol. The van der Waals surface area contributed by atoms with Crippen LogP contribution in [0.4, 0.5) is 5.69 Å². The first-order chi connectivity index (χ1) is 18.6. The van der Waals surface area contributed by atoms with Crippen molar-refractivity contribution in [2.75, 3.05) is 4.90 Å². The molecule has 1 saturated heterocycles. The van der Waals surface area contributed by atoms with Crippen molar-refractivity contribution in [2.24, 2.45) is 0 Å². The average Bonchev–Trinajstić information content (AvgIpc) is 3.55. The monoisotopic (exact) mass is 516 g/mol. The highest BCUT2D eigenvalue weighted by Gasteiger charge is 2.42. The molecule has 0 bridgehead atoms. The van der Waals surface area contributed by atoms with Crippen LogP contribution in [0.2, 0.25) is 0 Å². The maximum atomic E-state index is 6.15.